The first-order chi connectivity index (χ1) is 14.6. The molecule has 2 amide bonds. The number of benzene rings is 1. The summed E-state index contributed by atoms with van der Waals surface area (Å²) in [6.45, 7) is 1.77. The highest BCUT2D eigenvalue weighted by molar-refractivity contribution is 7.14. The lowest BCUT2D eigenvalue weighted by Crippen LogP contribution is -2.18. The summed E-state index contributed by atoms with van der Waals surface area (Å²) < 4.78 is 5.69. The van der Waals surface area contributed by atoms with Gasteiger partial charge in [0.05, 0.1) is 18.7 Å². The fourth-order valence-corrected chi connectivity index (χ4v) is 4.24. The lowest BCUT2D eigenvalue weighted by Gasteiger charge is -1.99. The summed E-state index contributed by atoms with van der Waals surface area (Å²) in [7, 11) is 0. The highest BCUT2D eigenvalue weighted by atomic mass is 32.1. The molecule has 4 aromatic rings. The van der Waals surface area contributed by atoms with E-state index in [1.165, 1.54) is 29.6 Å². The predicted molar refractivity (Wildman–Crippen MR) is 117 cm³/mol. The normalized spacial score (nSPS) is 10.7. The van der Waals surface area contributed by atoms with Gasteiger partial charge in [0.15, 0.2) is 10.9 Å². The molecule has 0 aliphatic rings. The van der Waals surface area contributed by atoms with Crippen molar-refractivity contribution in [3.05, 3.63) is 64.7 Å². The van der Waals surface area contributed by atoms with Crippen molar-refractivity contribution in [2.24, 2.45) is 0 Å². The quantitative estimate of drug-likeness (QED) is 0.447. The molecule has 30 heavy (non-hydrogen) atoms. The largest absolute Gasteiger partial charge is 0.458 e. The lowest BCUT2D eigenvalue weighted by atomic mass is 10.2. The summed E-state index contributed by atoms with van der Waals surface area (Å²) in [6, 6.07) is 13.5. The smallest absolute Gasteiger partial charge is 0.232 e. The Kier molecular flexibility index (Phi) is 6.01. The zero-order valence-corrected chi connectivity index (χ0v) is 17.7. The van der Waals surface area contributed by atoms with Gasteiger partial charge in [-0.2, -0.15) is 0 Å². The standard InChI is InChI=1S/C21H18N4O3S2/c1-13(26)22-10-16-7-8-18(28-16)17-12-30-21(24-17)25-19(27)9-15-11-29-20(23-15)14-5-3-2-4-6-14/h2-8,11-12H,9-10H2,1H3,(H,22,26)(H,24,25,27). The minimum Gasteiger partial charge on any atom is -0.458 e. The molecular weight excluding hydrogens is 420 g/mol. The van der Waals surface area contributed by atoms with Gasteiger partial charge in [-0.15, -0.1) is 22.7 Å². The molecule has 4 rings (SSSR count). The maximum atomic E-state index is 12.4. The van der Waals surface area contributed by atoms with Crippen molar-refractivity contribution in [2.45, 2.75) is 19.9 Å². The summed E-state index contributed by atoms with van der Waals surface area (Å²) >= 11 is 2.84. The van der Waals surface area contributed by atoms with Crippen molar-refractivity contribution in [1.29, 1.82) is 0 Å². The van der Waals surface area contributed by atoms with Crippen LogP contribution in [0.3, 0.4) is 0 Å². The van der Waals surface area contributed by atoms with Gasteiger partial charge in [-0.1, -0.05) is 30.3 Å². The molecule has 0 atom stereocenters. The van der Waals surface area contributed by atoms with Crippen LogP contribution in [0.4, 0.5) is 5.13 Å². The maximum absolute atomic E-state index is 12.4. The second-order valence-corrected chi connectivity index (χ2v) is 8.16. The SMILES string of the molecule is CC(=O)NCc1ccc(-c2csc(NC(=O)Cc3csc(-c4ccccc4)n3)n2)o1. The molecule has 2 N–H and O–H groups in total. The Morgan fingerprint density at radius 2 is 1.87 bits per heavy atom. The molecule has 3 heterocycles. The first-order valence-corrected chi connectivity index (χ1v) is 10.9. The van der Waals surface area contributed by atoms with Crippen molar-refractivity contribution < 1.29 is 14.0 Å². The monoisotopic (exact) mass is 438 g/mol. The van der Waals surface area contributed by atoms with Crippen LogP contribution in [-0.2, 0) is 22.6 Å². The number of hydrogen-bond donors (Lipinski definition) is 2. The Bertz CT molecular complexity index is 1160. The Balaban J connectivity index is 1.35. The number of carbonyl (C=O) groups excluding carboxylic acids is 2. The van der Waals surface area contributed by atoms with Crippen LogP contribution in [0.25, 0.3) is 22.0 Å². The van der Waals surface area contributed by atoms with Crippen LogP contribution >= 0.6 is 22.7 Å². The number of nitrogens with zero attached hydrogens (tertiary/aromatic N) is 2. The number of thiazole rings is 2. The van der Waals surface area contributed by atoms with Crippen molar-refractivity contribution in [3.63, 3.8) is 0 Å². The van der Waals surface area contributed by atoms with Gasteiger partial charge in [-0.25, -0.2) is 9.97 Å². The number of carbonyl (C=O) groups is 2. The number of rotatable bonds is 7. The van der Waals surface area contributed by atoms with Crippen LogP contribution in [0.15, 0.2) is 57.6 Å². The Labute approximate surface area is 180 Å². The molecule has 3 aromatic heterocycles. The zero-order chi connectivity index (χ0) is 20.9. The zero-order valence-electron chi connectivity index (χ0n) is 16.0. The maximum Gasteiger partial charge on any atom is 0.232 e. The molecule has 0 unspecified atom stereocenters. The van der Waals surface area contributed by atoms with Crippen molar-refractivity contribution >= 4 is 39.6 Å². The number of aromatic nitrogens is 2. The topological polar surface area (TPSA) is 97.1 Å². The second kappa shape index (κ2) is 9.02. The first kappa shape index (κ1) is 20.0. The molecule has 1 aromatic carbocycles. The molecule has 7 nitrogen and oxygen atoms in total. The molecule has 152 valence electrons. The number of anilines is 1. The summed E-state index contributed by atoms with van der Waals surface area (Å²) in [4.78, 5) is 32.3. The third kappa shape index (κ3) is 5.00. The Morgan fingerprint density at radius 3 is 2.67 bits per heavy atom. The molecule has 0 spiro atoms. The molecule has 0 radical (unpaired) electrons. The second-order valence-electron chi connectivity index (χ2n) is 6.45. The summed E-state index contributed by atoms with van der Waals surface area (Å²) in [5, 5.41) is 10.6. The van der Waals surface area contributed by atoms with Gasteiger partial charge in [0.2, 0.25) is 11.8 Å². The van der Waals surface area contributed by atoms with E-state index in [-0.39, 0.29) is 18.2 Å². The van der Waals surface area contributed by atoms with E-state index in [0.717, 1.165) is 16.3 Å². The van der Waals surface area contributed by atoms with E-state index in [2.05, 4.69) is 20.6 Å². The lowest BCUT2D eigenvalue weighted by molar-refractivity contribution is -0.119. The van der Waals surface area contributed by atoms with Crippen molar-refractivity contribution in [1.82, 2.24) is 15.3 Å². The van der Waals surface area contributed by atoms with Crippen LogP contribution in [0.1, 0.15) is 18.4 Å². The van der Waals surface area contributed by atoms with Gasteiger partial charge in [0, 0.05) is 23.2 Å². The average molecular weight is 439 g/mol. The van der Waals surface area contributed by atoms with Gasteiger partial charge in [0.25, 0.3) is 0 Å². The highest BCUT2D eigenvalue weighted by Gasteiger charge is 2.13. The van der Waals surface area contributed by atoms with E-state index in [1.807, 2.05) is 41.1 Å². The summed E-state index contributed by atoms with van der Waals surface area (Å²) in [6.07, 6.45) is 0.180. The van der Waals surface area contributed by atoms with Gasteiger partial charge < -0.3 is 15.1 Å². The van der Waals surface area contributed by atoms with Crippen LogP contribution in [-0.4, -0.2) is 21.8 Å². The fraction of sp³-hybridized carbons (Fsp3) is 0.143. The van der Waals surface area contributed by atoms with E-state index in [0.29, 0.717) is 28.9 Å². The first-order valence-electron chi connectivity index (χ1n) is 9.15. The Morgan fingerprint density at radius 1 is 1.03 bits per heavy atom. The molecular formula is C21H18N4O3S2. The molecule has 0 saturated heterocycles. The van der Waals surface area contributed by atoms with E-state index < -0.39 is 0 Å². The highest BCUT2D eigenvalue weighted by Crippen LogP contribution is 2.27. The van der Waals surface area contributed by atoms with E-state index in [4.69, 9.17) is 4.42 Å². The third-order valence-corrected chi connectivity index (χ3v) is 5.79. The molecule has 0 saturated carbocycles. The van der Waals surface area contributed by atoms with Crippen LogP contribution < -0.4 is 10.6 Å². The minimum atomic E-state index is -0.174. The molecule has 0 aliphatic heterocycles. The van der Waals surface area contributed by atoms with E-state index >= 15 is 0 Å². The number of hydrogen-bond acceptors (Lipinski definition) is 7. The summed E-state index contributed by atoms with van der Waals surface area (Å²) in [5.74, 6) is 0.921. The van der Waals surface area contributed by atoms with Crippen LogP contribution in [0, 0.1) is 0 Å². The molecule has 9 heteroatoms. The van der Waals surface area contributed by atoms with Gasteiger partial charge >= 0.3 is 0 Å². The number of furan rings is 1. The van der Waals surface area contributed by atoms with E-state index in [9.17, 15) is 9.59 Å². The summed E-state index contributed by atoms with van der Waals surface area (Å²) in [5.41, 5.74) is 2.39. The average Bonchev–Trinajstić information content (AvgIpc) is 3.48. The third-order valence-electron chi connectivity index (χ3n) is 4.09. The van der Waals surface area contributed by atoms with Gasteiger partial charge in [0.1, 0.15) is 16.5 Å². The fourth-order valence-electron chi connectivity index (χ4n) is 2.70. The minimum absolute atomic E-state index is 0.123. The molecule has 0 fully saturated rings. The predicted octanol–water partition coefficient (Wildman–Crippen LogP) is 4.34. The van der Waals surface area contributed by atoms with Gasteiger partial charge in [-0.3, -0.25) is 9.59 Å². The van der Waals surface area contributed by atoms with Crippen molar-refractivity contribution in [3.8, 4) is 22.0 Å². The van der Waals surface area contributed by atoms with Crippen LogP contribution in [0.2, 0.25) is 0 Å². The number of amides is 2. The van der Waals surface area contributed by atoms with Gasteiger partial charge in [-0.05, 0) is 12.1 Å². The van der Waals surface area contributed by atoms with Crippen molar-refractivity contribution in [2.75, 3.05) is 5.32 Å². The van der Waals surface area contributed by atoms with E-state index in [1.54, 1.807) is 12.1 Å². The molecule has 0 bridgehead atoms. The number of nitrogens with one attached hydrogen (secondary N) is 2. The van der Waals surface area contributed by atoms with Crippen LogP contribution in [0.5, 0.6) is 0 Å². The molecule has 0 aliphatic carbocycles. The Hall–Kier alpha value is -3.30.